The Morgan fingerprint density at radius 2 is 1.75 bits per heavy atom. The minimum absolute atomic E-state index is 0.278. The lowest BCUT2D eigenvalue weighted by Crippen LogP contribution is -2.11. The standard InChI is InChI=1S/C22H16Cl2N2O2/c1-12-8-19-20(9-13(12)2)28-22(26-19)15-4-3-5-16(10-15)25-21(27)14-6-7-17(23)18(24)11-14/h3-11H,1-2H3,(H,25,27). The van der Waals surface area contributed by atoms with Crippen molar-refractivity contribution in [1.82, 2.24) is 4.98 Å². The average molecular weight is 411 g/mol. The summed E-state index contributed by atoms with van der Waals surface area (Å²) in [5.41, 5.74) is 5.69. The van der Waals surface area contributed by atoms with Crippen molar-refractivity contribution >= 4 is 45.9 Å². The third-order valence-electron chi connectivity index (χ3n) is 4.55. The summed E-state index contributed by atoms with van der Waals surface area (Å²) >= 11 is 11.9. The fourth-order valence-corrected chi connectivity index (χ4v) is 3.17. The van der Waals surface area contributed by atoms with E-state index in [1.165, 1.54) is 6.07 Å². The maximum Gasteiger partial charge on any atom is 0.255 e. The molecule has 1 heterocycles. The van der Waals surface area contributed by atoms with Gasteiger partial charge in [0.1, 0.15) is 5.52 Å². The summed E-state index contributed by atoms with van der Waals surface area (Å²) in [6.45, 7) is 4.08. The van der Waals surface area contributed by atoms with Gasteiger partial charge in [0.05, 0.1) is 10.0 Å². The molecule has 6 heteroatoms. The fraction of sp³-hybridized carbons (Fsp3) is 0.0909. The van der Waals surface area contributed by atoms with Crippen LogP contribution in [0, 0.1) is 13.8 Å². The number of carbonyl (C=O) groups excluding carboxylic acids is 1. The molecule has 3 aromatic carbocycles. The van der Waals surface area contributed by atoms with Gasteiger partial charge in [0.2, 0.25) is 5.89 Å². The molecule has 28 heavy (non-hydrogen) atoms. The number of aromatic nitrogens is 1. The first-order valence-electron chi connectivity index (χ1n) is 8.65. The Morgan fingerprint density at radius 1 is 0.964 bits per heavy atom. The molecule has 1 N–H and O–H groups in total. The second kappa shape index (κ2) is 7.30. The lowest BCUT2D eigenvalue weighted by molar-refractivity contribution is 0.102. The molecule has 0 saturated heterocycles. The number of nitrogens with zero attached hydrogens (tertiary/aromatic N) is 1. The Hall–Kier alpha value is -2.82. The van der Waals surface area contributed by atoms with Crippen LogP contribution in [0.15, 0.2) is 59.0 Å². The number of fused-ring (bicyclic) bond motifs is 1. The Bertz CT molecular complexity index is 1180. The van der Waals surface area contributed by atoms with E-state index in [-0.39, 0.29) is 5.91 Å². The van der Waals surface area contributed by atoms with E-state index in [4.69, 9.17) is 27.6 Å². The Kier molecular flexibility index (Phi) is 4.84. The first kappa shape index (κ1) is 18.5. The van der Waals surface area contributed by atoms with Gasteiger partial charge in [0.15, 0.2) is 5.58 Å². The van der Waals surface area contributed by atoms with Crippen LogP contribution in [0.5, 0.6) is 0 Å². The van der Waals surface area contributed by atoms with Crippen LogP contribution in [-0.4, -0.2) is 10.9 Å². The molecule has 0 fully saturated rings. The van der Waals surface area contributed by atoms with Crippen molar-refractivity contribution in [2.75, 3.05) is 5.32 Å². The summed E-state index contributed by atoms with van der Waals surface area (Å²) in [5, 5.41) is 3.59. The second-order valence-corrected chi connectivity index (χ2v) is 7.40. The Morgan fingerprint density at radius 3 is 2.54 bits per heavy atom. The van der Waals surface area contributed by atoms with E-state index in [1.807, 2.05) is 44.2 Å². The molecule has 0 saturated carbocycles. The van der Waals surface area contributed by atoms with Crippen LogP contribution in [-0.2, 0) is 0 Å². The van der Waals surface area contributed by atoms with E-state index < -0.39 is 0 Å². The number of carbonyl (C=O) groups is 1. The first-order chi connectivity index (χ1) is 13.4. The Labute approximate surface area is 172 Å². The highest BCUT2D eigenvalue weighted by molar-refractivity contribution is 6.42. The number of benzene rings is 3. The van der Waals surface area contributed by atoms with Crippen LogP contribution >= 0.6 is 23.2 Å². The molecule has 4 nitrogen and oxygen atoms in total. The van der Waals surface area contributed by atoms with E-state index in [9.17, 15) is 4.79 Å². The van der Waals surface area contributed by atoms with Crippen molar-refractivity contribution in [2.24, 2.45) is 0 Å². The third-order valence-corrected chi connectivity index (χ3v) is 5.29. The van der Waals surface area contributed by atoms with E-state index in [1.54, 1.807) is 18.2 Å². The molecular formula is C22H16Cl2N2O2. The van der Waals surface area contributed by atoms with Crippen molar-refractivity contribution in [1.29, 1.82) is 0 Å². The smallest absolute Gasteiger partial charge is 0.255 e. The molecule has 4 rings (SSSR count). The normalized spacial score (nSPS) is 11.0. The van der Waals surface area contributed by atoms with Gasteiger partial charge in [-0.25, -0.2) is 4.98 Å². The molecule has 0 radical (unpaired) electrons. The quantitative estimate of drug-likeness (QED) is 0.410. The maximum absolute atomic E-state index is 12.5. The number of rotatable bonds is 3. The average Bonchev–Trinajstić information content (AvgIpc) is 3.07. The number of aryl methyl sites for hydroxylation is 2. The topological polar surface area (TPSA) is 55.1 Å². The number of anilines is 1. The van der Waals surface area contributed by atoms with E-state index in [2.05, 4.69) is 10.3 Å². The zero-order valence-electron chi connectivity index (χ0n) is 15.2. The van der Waals surface area contributed by atoms with E-state index >= 15 is 0 Å². The molecule has 0 atom stereocenters. The summed E-state index contributed by atoms with van der Waals surface area (Å²) < 4.78 is 5.91. The molecular weight excluding hydrogens is 395 g/mol. The van der Waals surface area contributed by atoms with Crippen LogP contribution < -0.4 is 5.32 Å². The van der Waals surface area contributed by atoms with Crippen molar-refractivity contribution in [3.05, 3.63) is 81.3 Å². The van der Waals surface area contributed by atoms with E-state index in [0.717, 1.165) is 27.8 Å². The fourth-order valence-electron chi connectivity index (χ4n) is 2.87. The summed E-state index contributed by atoms with van der Waals surface area (Å²) in [5.74, 6) is 0.227. The van der Waals surface area contributed by atoms with Crippen LogP contribution in [0.3, 0.4) is 0 Å². The first-order valence-corrected chi connectivity index (χ1v) is 9.41. The lowest BCUT2D eigenvalue weighted by Gasteiger charge is -2.07. The van der Waals surface area contributed by atoms with Crippen LogP contribution in [0.4, 0.5) is 5.69 Å². The van der Waals surface area contributed by atoms with Gasteiger partial charge >= 0.3 is 0 Å². The summed E-state index contributed by atoms with van der Waals surface area (Å²) in [6.07, 6.45) is 0. The van der Waals surface area contributed by atoms with E-state index in [0.29, 0.717) is 27.2 Å². The van der Waals surface area contributed by atoms with Crippen molar-refractivity contribution in [3.8, 4) is 11.5 Å². The molecule has 0 unspecified atom stereocenters. The minimum Gasteiger partial charge on any atom is -0.436 e. The zero-order chi connectivity index (χ0) is 19.8. The van der Waals surface area contributed by atoms with Crippen LogP contribution in [0.25, 0.3) is 22.6 Å². The van der Waals surface area contributed by atoms with Crippen molar-refractivity contribution < 1.29 is 9.21 Å². The van der Waals surface area contributed by atoms with Gasteiger partial charge in [-0.15, -0.1) is 0 Å². The number of amides is 1. The SMILES string of the molecule is Cc1cc2nc(-c3cccc(NC(=O)c4ccc(Cl)c(Cl)c4)c3)oc2cc1C. The van der Waals surface area contributed by atoms with Gasteiger partial charge in [-0.2, -0.15) is 0 Å². The molecule has 0 aliphatic rings. The second-order valence-electron chi connectivity index (χ2n) is 6.59. The molecule has 1 amide bonds. The number of hydrogen-bond donors (Lipinski definition) is 1. The molecule has 4 aromatic rings. The van der Waals surface area contributed by atoms with Gasteiger partial charge in [-0.3, -0.25) is 4.79 Å². The predicted octanol–water partition coefficient (Wildman–Crippen LogP) is 6.67. The number of hydrogen-bond acceptors (Lipinski definition) is 3. The maximum atomic E-state index is 12.5. The summed E-state index contributed by atoms with van der Waals surface area (Å²) in [7, 11) is 0. The van der Waals surface area contributed by atoms with Gasteiger partial charge < -0.3 is 9.73 Å². The molecule has 0 spiro atoms. The van der Waals surface area contributed by atoms with Gasteiger partial charge in [0, 0.05) is 16.8 Å². The molecule has 0 aliphatic heterocycles. The van der Waals surface area contributed by atoms with Crippen LogP contribution in [0.1, 0.15) is 21.5 Å². The van der Waals surface area contributed by atoms with Gasteiger partial charge in [0.25, 0.3) is 5.91 Å². The minimum atomic E-state index is -0.278. The zero-order valence-corrected chi connectivity index (χ0v) is 16.7. The lowest BCUT2D eigenvalue weighted by atomic mass is 10.1. The number of oxazole rings is 1. The summed E-state index contributed by atoms with van der Waals surface area (Å²) in [6, 6.07) is 16.1. The van der Waals surface area contributed by atoms with Crippen molar-refractivity contribution in [3.63, 3.8) is 0 Å². The van der Waals surface area contributed by atoms with Gasteiger partial charge in [-0.1, -0.05) is 29.3 Å². The van der Waals surface area contributed by atoms with Crippen molar-refractivity contribution in [2.45, 2.75) is 13.8 Å². The highest BCUT2D eigenvalue weighted by Crippen LogP contribution is 2.28. The van der Waals surface area contributed by atoms with Gasteiger partial charge in [-0.05, 0) is 73.5 Å². The largest absolute Gasteiger partial charge is 0.436 e. The molecule has 0 bridgehead atoms. The number of halogens is 2. The third kappa shape index (κ3) is 3.61. The molecule has 0 aliphatic carbocycles. The predicted molar refractivity (Wildman–Crippen MR) is 113 cm³/mol. The summed E-state index contributed by atoms with van der Waals surface area (Å²) in [4.78, 5) is 17.1. The highest BCUT2D eigenvalue weighted by Gasteiger charge is 2.12. The monoisotopic (exact) mass is 410 g/mol. The Balaban J connectivity index is 1.62. The van der Waals surface area contributed by atoms with Crippen LogP contribution in [0.2, 0.25) is 10.0 Å². The molecule has 1 aromatic heterocycles. The number of nitrogens with one attached hydrogen (secondary N) is 1. The highest BCUT2D eigenvalue weighted by atomic mass is 35.5. The molecule has 140 valence electrons.